The first-order valence-corrected chi connectivity index (χ1v) is 6.76. The number of nitro benzene ring substituents is 1. The number of piperidine rings is 1. The van der Waals surface area contributed by atoms with Crippen LogP contribution in [0.3, 0.4) is 0 Å². The molecule has 1 aliphatic rings. The first-order valence-electron chi connectivity index (χ1n) is 6.76. The zero-order valence-electron chi connectivity index (χ0n) is 11.9. The second-order valence-corrected chi connectivity index (χ2v) is 5.88. The molecule has 0 aliphatic carbocycles. The van der Waals surface area contributed by atoms with Crippen LogP contribution in [0.5, 0.6) is 0 Å². The Bertz CT molecular complexity index is 556. The lowest BCUT2D eigenvalue weighted by Crippen LogP contribution is -2.48. The van der Waals surface area contributed by atoms with Crippen molar-refractivity contribution in [1.82, 2.24) is 0 Å². The number of anilines is 1. The van der Waals surface area contributed by atoms with Crippen LogP contribution in [-0.4, -0.2) is 17.0 Å². The molecule has 0 spiro atoms. The summed E-state index contributed by atoms with van der Waals surface area (Å²) in [6, 6.07) is 2.98. The van der Waals surface area contributed by atoms with Crippen LogP contribution in [0.2, 0.25) is 0 Å². The molecule has 2 rings (SSSR count). The number of non-ortho nitro benzene ring substituents is 1. The third-order valence-corrected chi connectivity index (χ3v) is 3.94. The molecule has 0 unspecified atom stereocenters. The van der Waals surface area contributed by atoms with Gasteiger partial charge in [0.25, 0.3) is 5.69 Å². The van der Waals surface area contributed by atoms with Gasteiger partial charge in [-0.1, -0.05) is 0 Å². The summed E-state index contributed by atoms with van der Waals surface area (Å²) >= 11 is 0. The van der Waals surface area contributed by atoms with E-state index in [0.717, 1.165) is 25.3 Å². The van der Waals surface area contributed by atoms with E-state index in [0.29, 0.717) is 12.6 Å². The summed E-state index contributed by atoms with van der Waals surface area (Å²) in [7, 11) is 0. The fourth-order valence-corrected chi connectivity index (χ4v) is 2.81. The Kier molecular flexibility index (Phi) is 3.86. The fourth-order valence-electron chi connectivity index (χ4n) is 2.81. The van der Waals surface area contributed by atoms with Gasteiger partial charge in [-0.25, -0.2) is 0 Å². The SMILES string of the molecule is CC1(C)CCCCN1c1ccc([N+](=O)[O-])cc1C(F)(F)F. The van der Waals surface area contributed by atoms with Crippen LogP contribution in [0.1, 0.15) is 38.7 Å². The van der Waals surface area contributed by atoms with Crippen LogP contribution in [0.15, 0.2) is 18.2 Å². The molecule has 0 saturated carbocycles. The molecule has 1 aliphatic heterocycles. The standard InChI is InChI=1S/C14H17F3N2O2/c1-13(2)7-3-4-8-18(13)12-6-5-10(19(20)21)9-11(12)14(15,16)17/h5-6,9H,3-4,7-8H2,1-2H3. The van der Waals surface area contributed by atoms with E-state index in [1.807, 2.05) is 13.8 Å². The van der Waals surface area contributed by atoms with Gasteiger partial charge >= 0.3 is 6.18 Å². The Morgan fingerprint density at radius 2 is 1.95 bits per heavy atom. The Balaban J connectivity index is 2.55. The molecule has 1 heterocycles. The lowest BCUT2D eigenvalue weighted by molar-refractivity contribution is -0.385. The van der Waals surface area contributed by atoms with Crippen LogP contribution < -0.4 is 4.90 Å². The molecule has 0 N–H and O–H groups in total. The molecule has 0 bridgehead atoms. The minimum absolute atomic E-state index is 0.0257. The lowest BCUT2D eigenvalue weighted by atomic mass is 9.89. The number of hydrogen-bond acceptors (Lipinski definition) is 3. The van der Waals surface area contributed by atoms with Crippen LogP contribution in [0.4, 0.5) is 24.5 Å². The van der Waals surface area contributed by atoms with Gasteiger partial charge in [-0.05, 0) is 39.2 Å². The van der Waals surface area contributed by atoms with Gasteiger partial charge in [0.1, 0.15) is 0 Å². The minimum Gasteiger partial charge on any atom is -0.366 e. The van der Waals surface area contributed by atoms with Crippen molar-refractivity contribution in [3.05, 3.63) is 33.9 Å². The van der Waals surface area contributed by atoms with Crippen LogP contribution in [0, 0.1) is 10.1 Å². The van der Waals surface area contributed by atoms with Crippen LogP contribution >= 0.6 is 0 Å². The van der Waals surface area contributed by atoms with Crippen molar-refractivity contribution in [3.63, 3.8) is 0 Å². The third kappa shape index (κ3) is 3.11. The van der Waals surface area contributed by atoms with Crippen molar-refractivity contribution in [2.24, 2.45) is 0 Å². The first kappa shape index (κ1) is 15.6. The Morgan fingerprint density at radius 3 is 2.48 bits per heavy atom. The molecule has 1 saturated heterocycles. The topological polar surface area (TPSA) is 46.4 Å². The molecule has 116 valence electrons. The number of hydrogen-bond donors (Lipinski definition) is 0. The highest BCUT2D eigenvalue weighted by Crippen LogP contribution is 2.42. The predicted octanol–water partition coefficient (Wildman–Crippen LogP) is 4.38. The van der Waals surface area contributed by atoms with E-state index in [1.54, 1.807) is 4.90 Å². The van der Waals surface area contributed by atoms with E-state index in [1.165, 1.54) is 6.07 Å². The average molecular weight is 302 g/mol. The number of rotatable bonds is 2. The molecule has 21 heavy (non-hydrogen) atoms. The van der Waals surface area contributed by atoms with E-state index in [2.05, 4.69) is 0 Å². The molecule has 1 aromatic carbocycles. The maximum atomic E-state index is 13.2. The molecular weight excluding hydrogens is 285 g/mol. The van der Waals surface area contributed by atoms with Crippen molar-refractivity contribution >= 4 is 11.4 Å². The normalized spacial score (nSPS) is 18.6. The molecule has 0 aromatic heterocycles. The highest BCUT2D eigenvalue weighted by atomic mass is 19.4. The zero-order valence-corrected chi connectivity index (χ0v) is 11.9. The van der Waals surface area contributed by atoms with E-state index >= 15 is 0 Å². The molecule has 1 fully saturated rings. The van der Waals surface area contributed by atoms with Gasteiger partial charge < -0.3 is 4.90 Å². The second kappa shape index (κ2) is 5.20. The highest BCUT2D eigenvalue weighted by molar-refractivity contribution is 5.60. The number of benzene rings is 1. The average Bonchev–Trinajstić information content (AvgIpc) is 2.36. The summed E-state index contributed by atoms with van der Waals surface area (Å²) in [6.07, 6.45) is -2.04. The summed E-state index contributed by atoms with van der Waals surface area (Å²) in [6.45, 7) is 4.31. The Labute approximate surface area is 120 Å². The molecular formula is C14H17F3N2O2. The van der Waals surface area contributed by atoms with Crippen molar-refractivity contribution < 1.29 is 18.1 Å². The number of nitro groups is 1. The van der Waals surface area contributed by atoms with Gasteiger partial charge in [0, 0.05) is 29.9 Å². The van der Waals surface area contributed by atoms with E-state index in [-0.39, 0.29) is 5.69 Å². The van der Waals surface area contributed by atoms with Gasteiger partial charge in [-0.15, -0.1) is 0 Å². The third-order valence-electron chi connectivity index (χ3n) is 3.94. The number of halogens is 3. The lowest BCUT2D eigenvalue weighted by Gasteiger charge is -2.45. The smallest absolute Gasteiger partial charge is 0.366 e. The summed E-state index contributed by atoms with van der Waals surface area (Å²) in [4.78, 5) is 11.6. The largest absolute Gasteiger partial charge is 0.418 e. The first-order chi connectivity index (χ1) is 9.63. The van der Waals surface area contributed by atoms with Crippen molar-refractivity contribution in [2.75, 3.05) is 11.4 Å². The summed E-state index contributed by atoms with van der Waals surface area (Å²) in [5.41, 5.74) is -1.85. The van der Waals surface area contributed by atoms with Crippen LogP contribution in [0.25, 0.3) is 0 Å². The highest BCUT2D eigenvalue weighted by Gasteiger charge is 2.40. The fraction of sp³-hybridized carbons (Fsp3) is 0.571. The molecule has 0 amide bonds. The maximum absolute atomic E-state index is 13.2. The number of alkyl halides is 3. The molecule has 7 heteroatoms. The Morgan fingerprint density at radius 1 is 1.29 bits per heavy atom. The van der Waals surface area contributed by atoms with Crippen molar-refractivity contribution in [1.29, 1.82) is 0 Å². The Hall–Kier alpha value is -1.79. The summed E-state index contributed by atoms with van der Waals surface area (Å²) < 4.78 is 39.7. The molecule has 0 radical (unpaired) electrons. The summed E-state index contributed by atoms with van der Waals surface area (Å²) in [5.74, 6) is 0. The van der Waals surface area contributed by atoms with Gasteiger partial charge in [0.15, 0.2) is 0 Å². The molecule has 1 aromatic rings. The van der Waals surface area contributed by atoms with E-state index < -0.39 is 27.9 Å². The van der Waals surface area contributed by atoms with Crippen LogP contribution in [-0.2, 0) is 6.18 Å². The molecule has 0 atom stereocenters. The van der Waals surface area contributed by atoms with Gasteiger partial charge in [-0.2, -0.15) is 13.2 Å². The molecule has 4 nitrogen and oxygen atoms in total. The quantitative estimate of drug-likeness (QED) is 0.601. The predicted molar refractivity (Wildman–Crippen MR) is 73.4 cm³/mol. The summed E-state index contributed by atoms with van der Waals surface area (Å²) in [5, 5.41) is 10.7. The van der Waals surface area contributed by atoms with Gasteiger partial charge in [0.05, 0.1) is 10.5 Å². The van der Waals surface area contributed by atoms with Gasteiger partial charge in [0.2, 0.25) is 0 Å². The number of nitrogens with zero attached hydrogens (tertiary/aromatic N) is 2. The van der Waals surface area contributed by atoms with Crippen molar-refractivity contribution in [2.45, 2.75) is 44.8 Å². The maximum Gasteiger partial charge on any atom is 0.418 e. The monoisotopic (exact) mass is 302 g/mol. The second-order valence-electron chi connectivity index (χ2n) is 5.88. The van der Waals surface area contributed by atoms with E-state index in [9.17, 15) is 23.3 Å². The minimum atomic E-state index is -4.62. The van der Waals surface area contributed by atoms with Crippen molar-refractivity contribution in [3.8, 4) is 0 Å². The zero-order chi connectivity index (χ0) is 15.8. The van der Waals surface area contributed by atoms with E-state index in [4.69, 9.17) is 0 Å². The van der Waals surface area contributed by atoms with Gasteiger partial charge in [-0.3, -0.25) is 10.1 Å².